The number of hydrogen-bond donors (Lipinski definition) is 0. The molecule has 1 aromatic rings. The van der Waals surface area contributed by atoms with E-state index < -0.39 is 0 Å². The highest BCUT2D eigenvalue weighted by Crippen LogP contribution is 2.29. The molecule has 1 saturated heterocycles. The number of benzene rings is 1. The summed E-state index contributed by atoms with van der Waals surface area (Å²) in [6.07, 6.45) is 2.88. The zero-order valence-electron chi connectivity index (χ0n) is 12.5. The van der Waals surface area contributed by atoms with Crippen LogP contribution < -0.4 is 0 Å². The molecule has 0 spiro atoms. The number of rotatable bonds is 5. The van der Waals surface area contributed by atoms with Crippen LogP contribution in [0.15, 0.2) is 30.3 Å². The first kappa shape index (κ1) is 15.0. The maximum atomic E-state index is 11.9. The topological polar surface area (TPSA) is 29.5 Å². The molecule has 0 saturated carbocycles. The van der Waals surface area contributed by atoms with E-state index in [1.807, 2.05) is 25.1 Å². The van der Waals surface area contributed by atoms with Crippen molar-refractivity contribution in [3.63, 3.8) is 0 Å². The van der Waals surface area contributed by atoms with Gasteiger partial charge in [0.15, 0.2) is 0 Å². The van der Waals surface area contributed by atoms with Crippen LogP contribution in [-0.4, -0.2) is 30.6 Å². The fraction of sp³-hybridized carbons (Fsp3) is 0.588. The maximum Gasteiger partial charge on any atom is 0.307 e. The highest BCUT2D eigenvalue weighted by molar-refractivity contribution is 5.70. The Morgan fingerprint density at radius 1 is 1.30 bits per heavy atom. The number of piperidine rings is 1. The molecule has 0 amide bonds. The standard InChI is InChI=1S/C17H25NO2/c1-3-20-17(19)13-16(15-7-5-4-6-8-15)18-11-9-14(2)10-12-18/h4-8,14,16H,3,9-13H2,1-2H3/t16-/m0/s1. The zero-order chi connectivity index (χ0) is 14.4. The zero-order valence-corrected chi connectivity index (χ0v) is 12.5. The van der Waals surface area contributed by atoms with E-state index in [2.05, 4.69) is 24.0 Å². The van der Waals surface area contributed by atoms with Gasteiger partial charge in [-0.15, -0.1) is 0 Å². The molecule has 0 radical (unpaired) electrons. The molecule has 0 aliphatic carbocycles. The van der Waals surface area contributed by atoms with Gasteiger partial charge in [-0.25, -0.2) is 0 Å². The first-order valence-electron chi connectivity index (χ1n) is 7.65. The number of hydrogen-bond acceptors (Lipinski definition) is 3. The molecule has 20 heavy (non-hydrogen) atoms. The minimum absolute atomic E-state index is 0.0972. The van der Waals surface area contributed by atoms with Gasteiger partial charge in [0.2, 0.25) is 0 Å². The highest BCUT2D eigenvalue weighted by Gasteiger charge is 2.26. The highest BCUT2D eigenvalue weighted by atomic mass is 16.5. The Morgan fingerprint density at radius 2 is 1.95 bits per heavy atom. The van der Waals surface area contributed by atoms with Crippen LogP contribution in [0.3, 0.4) is 0 Å². The molecule has 1 fully saturated rings. The van der Waals surface area contributed by atoms with Crippen molar-refractivity contribution >= 4 is 5.97 Å². The van der Waals surface area contributed by atoms with Gasteiger partial charge in [0.1, 0.15) is 0 Å². The molecule has 1 aliphatic rings. The SMILES string of the molecule is CCOC(=O)C[C@@H](c1ccccc1)N1CCC(C)CC1. The molecule has 3 heteroatoms. The van der Waals surface area contributed by atoms with Crippen molar-refractivity contribution in [3.05, 3.63) is 35.9 Å². The number of ether oxygens (including phenoxy) is 1. The van der Waals surface area contributed by atoms with Crippen LogP contribution >= 0.6 is 0 Å². The third kappa shape index (κ3) is 4.07. The lowest BCUT2D eigenvalue weighted by Gasteiger charge is -2.36. The maximum absolute atomic E-state index is 11.9. The largest absolute Gasteiger partial charge is 0.466 e. The minimum Gasteiger partial charge on any atom is -0.466 e. The summed E-state index contributed by atoms with van der Waals surface area (Å²) < 4.78 is 5.14. The van der Waals surface area contributed by atoms with Crippen LogP contribution in [0.5, 0.6) is 0 Å². The van der Waals surface area contributed by atoms with Crippen molar-refractivity contribution in [2.24, 2.45) is 5.92 Å². The Balaban J connectivity index is 2.09. The fourth-order valence-corrected chi connectivity index (χ4v) is 2.85. The molecule has 0 bridgehead atoms. The van der Waals surface area contributed by atoms with E-state index in [-0.39, 0.29) is 12.0 Å². The van der Waals surface area contributed by atoms with Crippen LogP contribution in [0, 0.1) is 5.92 Å². The van der Waals surface area contributed by atoms with Crippen molar-refractivity contribution < 1.29 is 9.53 Å². The van der Waals surface area contributed by atoms with Crippen molar-refractivity contribution in [2.45, 2.75) is 39.2 Å². The number of esters is 1. The summed E-state index contributed by atoms with van der Waals surface area (Å²) >= 11 is 0. The normalized spacial score (nSPS) is 18.7. The Bertz CT molecular complexity index is 410. The Morgan fingerprint density at radius 3 is 2.55 bits per heavy atom. The number of carbonyl (C=O) groups excluding carboxylic acids is 1. The first-order chi connectivity index (χ1) is 9.70. The smallest absolute Gasteiger partial charge is 0.307 e. The summed E-state index contributed by atoms with van der Waals surface area (Å²) in [6, 6.07) is 10.5. The van der Waals surface area contributed by atoms with Crippen LogP contribution in [-0.2, 0) is 9.53 Å². The second-order valence-corrected chi connectivity index (χ2v) is 5.65. The van der Waals surface area contributed by atoms with E-state index in [0.717, 1.165) is 19.0 Å². The molecule has 110 valence electrons. The molecular weight excluding hydrogens is 250 g/mol. The summed E-state index contributed by atoms with van der Waals surface area (Å²) in [5.41, 5.74) is 1.22. The van der Waals surface area contributed by atoms with Crippen molar-refractivity contribution in [3.8, 4) is 0 Å². The van der Waals surface area contributed by atoms with E-state index in [4.69, 9.17) is 4.74 Å². The van der Waals surface area contributed by atoms with Crippen LogP contribution in [0.1, 0.15) is 44.7 Å². The molecule has 1 heterocycles. The lowest BCUT2D eigenvalue weighted by molar-refractivity contribution is -0.144. The second-order valence-electron chi connectivity index (χ2n) is 5.65. The molecule has 0 unspecified atom stereocenters. The molecular formula is C17H25NO2. The minimum atomic E-state index is -0.0972. The van der Waals surface area contributed by atoms with Gasteiger partial charge in [0, 0.05) is 6.04 Å². The van der Waals surface area contributed by atoms with Crippen molar-refractivity contribution in [1.82, 2.24) is 4.90 Å². The summed E-state index contributed by atoms with van der Waals surface area (Å²) in [7, 11) is 0. The fourth-order valence-electron chi connectivity index (χ4n) is 2.85. The van der Waals surface area contributed by atoms with Crippen LogP contribution in [0.2, 0.25) is 0 Å². The van der Waals surface area contributed by atoms with Crippen molar-refractivity contribution in [1.29, 1.82) is 0 Å². The number of carbonyl (C=O) groups is 1. The van der Waals surface area contributed by atoms with E-state index in [9.17, 15) is 4.79 Å². The monoisotopic (exact) mass is 275 g/mol. The van der Waals surface area contributed by atoms with E-state index in [0.29, 0.717) is 13.0 Å². The number of likely N-dealkylation sites (tertiary alicyclic amines) is 1. The lowest BCUT2D eigenvalue weighted by atomic mass is 9.94. The van der Waals surface area contributed by atoms with Gasteiger partial charge in [0.25, 0.3) is 0 Å². The molecule has 1 atom stereocenters. The average molecular weight is 275 g/mol. The molecule has 3 nitrogen and oxygen atoms in total. The van der Waals surface area contributed by atoms with Gasteiger partial charge in [-0.1, -0.05) is 37.3 Å². The van der Waals surface area contributed by atoms with Crippen LogP contribution in [0.4, 0.5) is 0 Å². The van der Waals surface area contributed by atoms with Gasteiger partial charge in [-0.2, -0.15) is 0 Å². The van der Waals surface area contributed by atoms with Gasteiger partial charge in [0.05, 0.1) is 13.0 Å². The van der Waals surface area contributed by atoms with E-state index >= 15 is 0 Å². The van der Waals surface area contributed by atoms with Crippen LogP contribution in [0.25, 0.3) is 0 Å². The molecule has 2 rings (SSSR count). The predicted octanol–water partition coefficient (Wildman–Crippen LogP) is 3.41. The third-order valence-electron chi connectivity index (χ3n) is 4.11. The van der Waals surface area contributed by atoms with Gasteiger partial charge in [-0.3, -0.25) is 9.69 Å². The summed E-state index contributed by atoms with van der Waals surface area (Å²) in [5, 5.41) is 0. The van der Waals surface area contributed by atoms with Crippen molar-refractivity contribution in [2.75, 3.05) is 19.7 Å². The average Bonchev–Trinajstić information content (AvgIpc) is 2.47. The molecule has 0 N–H and O–H groups in total. The van der Waals surface area contributed by atoms with Gasteiger partial charge >= 0.3 is 5.97 Å². The Kier molecular flexibility index (Phi) is 5.60. The molecule has 0 aromatic heterocycles. The quantitative estimate of drug-likeness (QED) is 0.771. The second kappa shape index (κ2) is 7.44. The first-order valence-corrected chi connectivity index (χ1v) is 7.65. The number of nitrogens with zero attached hydrogens (tertiary/aromatic N) is 1. The van der Waals surface area contributed by atoms with E-state index in [1.165, 1.54) is 18.4 Å². The van der Waals surface area contributed by atoms with E-state index in [1.54, 1.807) is 0 Å². The Labute approximate surface area is 121 Å². The third-order valence-corrected chi connectivity index (χ3v) is 4.11. The molecule has 1 aliphatic heterocycles. The van der Waals surface area contributed by atoms with Gasteiger partial charge in [-0.05, 0) is 44.3 Å². The summed E-state index contributed by atoms with van der Waals surface area (Å²) in [4.78, 5) is 14.3. The molecule has 1 aromatic carbocycles. The summed E-state index contributed by atoms with van der Waals surface area (Å²) in [6.45, 7) is 6.76. The Hall–Kier alpha value is -1.35. The predicted molar refractivity (Wildman–Crippen MR) is 80.4 cm³/mol. The lowest BCUT2D eigenvalue weighted by Crippen LogP contribution is -2.37. The summed E-state index contributed by atoms with van der Waals surface area (Å²) in [5.74, 6) is 0.699. The van der Waals surface area contributed by atoms with Gasteiger partial charge < -0.3 is 4.74 Å².